The second-order valence-corrected chi connectivity index (χ2v) is 8.02. The van der Waals surface area contributed by atoms with Crippen LogP contribution in [0.3, 0.4) is 0 Å². The van der Waals surface area contributed by atoms with Crippen LogP contribution in [0.15, 0.2) is 42.7 Å². The maximum absolute atomic E-state index is 15.2. The van der Waals surface area contributed by atoms with Gasteiger partial charge in [0, 0.05) is 5.56 Å². The predicted octanol–water partition coefficient (Wildman–Crippen LogP) is 6.45. The lowest BCUT2D eigenvalue weighted by atomic mass is 9.82. The Bertz CT molecular complexity index is 1420. The summed E-state index contributed by atoms with van der Waals surface area (Å²) in [4.78, 5) is 11.2. The van der Waals surface area contributed by atoms with Crippen LogP contribution in [0.5, 0.6) is 0 Å². The van der Waals surface area contributed by atoms with Crippen LogP contribution in [0.25, 0.3) is 37.8 Å². The van der Waals surface area contributed by atoms with E-state index in [1.165, 1.54) is 6.33 Å². The number of hydrogen-bond acceptors (Lipinski definition) is 3. The highest BCUT2D eigenvalue weighted by Crippen LogP contribution is 2.39. The first kappa shape index (κ1) is 19.4. The van der Waals surface area contributed by atoms with Gasteiger partial charge in [-0.2, -0.15) is 5.26 Å². The van der Waals surface area contributed by atoms with Gasteiger partial charge >= 0.3 is 0 Å². The molecule has 3 aromatic carbocycles. The molecule has 0 unspecified atom stereocenters. The van der Waals surface area contributed by atoms with E-state index in [9.17, 15) is 9.65 Å². The molecule has 0 aliphatic carbocycles. The Morgan fingerprint density at radius 1 is 1.07 bits per heavy atom. The molecule has 4 rings (SSSR count). The Balaban J connectivity index is 2.18. The Kier molecular flexibility index (Phi) is 4.44. The standard InChI is InChI=1S/C24H16F2N4/c1-24(2,3)17-10-14(9-13-7-5-6-8-15(13)17)21-18-20(26)23(28-4)19(25)16(11-27)22(18)30-12-29-21/h5-10,12H,1-3H3. The smallest absolute Gasteiger partial charge is 0.236 e. The van der Waals surface area contributed by atoms with E-state index in [0.717, 1.165) is 16.3 Å². The quantitative estimate of drug-likeness (QED) is 0.346. The van der Waals surface area contributed by atoms with Crippen molar-refractivity contribution in [3.05, 3.63) is 76.9 Å². The highest BCUT2D eigenvalue weighted by molar-refractivity contribution is 6.00. The van der Waals surface area contributed by atoms with Crippen molar-refractivity contribution < 1.29 is 8.78 Å². The number of hydrogen-bond donors (Lipinski definition) is 0. The van der Waals surface area contributed by atoms with Crippen LogP contribution in [-0.4, -0.2) is 9.97 Å². The highest BCUT2D eigenvalue weighted by Gasteiger charge is 2.25. The third-order valence-corrected chi connectivity index (χ3v) is 5.11. The highest BCUT2D eigenvalue weighted by atomic mass is 19.1. The summed E-state index contributed by atoms with van der Waals surface area (Å²) in [5.74, 6) is -2.26. The average molecular weight is 398 g/mol. The molecule has 0 saturated carbocycles. The minimum absolute atomic E-state index is 0.128. The molecule has 0 spiro atoms. The van der Waals surface area contributed by atoms with Gasteiger partial charge in [0.1, 0.15) is 23.8 Å². The minimum atomic E-state index is -1.20. The van der Waals surface area contributed by atoms with Crippen LogP contribution in [-0.2, 0) is 5.41 Å². The summed E-state index contributed by atoms with van der Waals surface area (Å²) in [6.45, 7) is 13.4. The first-order valence-electron chi connectivity index (χ1n) is 9.24. The Morgan fingerprint density at radius 3 is 2.47 bits per heavy atom. The van der Waals surface area contributed by atoms with E-state index in [1.807, 2.05) is 36.4 Å². The molecule has 0 bridgehead atoms. The number of nitrogens with zero attached hydrogens (tertiary/aromatic N) is 4. The molecule has 0 amide bonds. The topological polar surface area (TPSA) is 53.9 Å². The van der Waals surface area contributed by atoms with Crippen LogP contribution < -0.4 is 0 Å². The van der Waals surface area contributed by atoms with Crippen molar-refractivity contribution in [1.29, 1.82) is 5.26 Å². The fourth-order valence-corrected chi connectivity index (χ4v) is 3.71. The Hall–Kier alpha value is -3.90. The second-order valence-electron chi connectivity index (χ2n) is 8.02. The molecular weight excluding hydrogens is 382 g/mol. The summed E-state index contributed by atoms with van der Waals surface area (Å²) in [5, 5.41) is 11.3. The van der Waals surface area contributed by atoms with Crippen molar-refractivity contribution in [2.45, 2.75) is 26.2 Å². The molecule has 0 fully saturated rings. The van der Waals surface area contributed by atoms with Gasteiger partial charge in [0.2, 0.25) is 0 Å². The van der Waals surface area contributed by atoms with E-state index >= 15 is 4.39 Å². The maximum atomic E-state index is 15.2. The number of fused-ring (bicyclic) bond motifs is 2. The van der Waals surface area contributed by atoms with E-state index in [4.69, 9.17) is 6.57 Å². The first-order valence-corrected chi connectivity index (χ1v) is 9.24. The third kappa shape index (κ3) is 2.86. The molecule has 4 aromatic rings. The molecule has 146 valence electrons. The van der Waals surface area contributed by atoms with Gasteiger partial charge in [-0.25, -0.2) is 23.6 Å². The van der Waals surface area contributed by atoms with Crippen molar-refractivity contribution in [2.24, 2.45) is 0 Å². The lowest BCUT2D eigenvalue weighted by molar-refractivity contribution is 0.596. The normalized spacial score (nSPS) is 11.4. The Labute approximate surface area is 172 Å². The molecular formula is C24H16F2N4. The van der Waals surface area contributed by atoms with Gasteiger partial charge in [-0.3, -0.25) is 0 Å². The zero-order valence-electron chi connectivity index (χ0n) is 16.6. The third-order valence-electron chi connectivity index (χ3n) is 5.11. The molecule has 30 heavy (non-hydrogen) atoms. The predicted molar refractivity (Wildman–Crippen MR) is 112 cm³/mol. The molecule has 1 aromatic heterocycles. The van der Waals surface area contributed by atoms with Crippen molar-refractivity contribution in [2.75, 3.05) is 0 Å². The molecule has 0 saturated heterocycles. The molecule has 0 aliphatic heterocycles. The molecule has 6 heteroatoms. The molecule has 0 atom stereocenters. The van der Waals surface area contributed by atoms with Crippen molar-refractivity contribution in [3.8, 4) is 17.3 Å². The molecule has 0 aliphatic rings. The number of nitriles is 1. The fraction of sp³-hybridized carbons (Fsp3) is 0.167. The van der Waals surface area contributed by atoms with Crippen LogP contribution in [0.1, 0.15) is 31.9 Å². The van der Waals surface area contributed by atoms with Gasteiger partial charge in [-0.15, -0.1) is 0 Å². The summed E-state index contributed by atoms with van der Waals surface area (Å²) >= 11 is 0. The molecule has 1 heterocycles. The van der Waals surface area contributed by atoms with Crippen LogP contribution >= 0.6 is 0 Å². The number of rotatable bonds is 1. The summed E-state index contributed by atoms with van der Waals surface area (Å²) in [6, 6.07) is 13.4. The van der Waals surface area contributed by atoms with E-state index in [-0.39, 0.29) is 22.0 Å². The van der Waals surface area contributed by atoms with Gasteiger partial charge in [-0.1, -0.05) is 45.0 Å². The second kappa shape index (κ2) is 6.86. The molecule has 0 radical (unpaired) electrons. The van der Waals surface area contributed by atoms with Crippen molar-refractivity contribution >= 4 is 27.4 Å². The van der Waals surface area contributed by atoms with Gasteiger partial charge in [0.25, 0.3) is 5.69 Å². The lowest BCUT2D eigenvalue weighted by Gasteiger charge is -2.23. The fourth-order valence-electron chi connectivity index (χ4n) is 3.71. The average Bonchev–Trinajstić information content (AvgIpc) is 2.72. The van der Waals surface area contributed by atoms with Gasteiger partial charge in [0.05, 0.1) is 23.2 Å². The number of halogens is 2. The number of benzene rings is 3. The van der Waals surface area contributed by atoms with Crippen LogP contribution in [0.2, 0.25) is 0 Å². The van der Waals surface area contributed by atoms with E-state index in [1.54, 1.807) is 6.07 Å². The van der Waals surface area contributed by atoms with Gasteiger partial charge < -0.3 is 0 Å². The molecule has 0 N–H and O–H groups in total. The summed E-state index contributed by atoms with van der Waals surface area (Å²) in [6.07, 6.45) is 1.18. The van der Waals surface area contributed by atoms with E-state index in [0.29, 0.717) is 5.56 Å². The van der Waals surface area contributed by atoms with Gasteiger partial charge in [0.15, 0.2) is 5.82 Å². The van der Waals surface area contributed by atoms with Crippen LogP contribution in [0.4, 0.5) is 14.5 Å². The Morgan fingerprint density at radius 2 is 1.80 bits per heavy atom. The minimum Gasteiger partial charge on any atom is -0.236 e. The first-order chi connectivity index (χ1) is 14.3. The lowest BCUT2D eigenvalue weighted by Crippen LogP contribution is -2.12. The van der Waals surface area contributed by atoms with Crippen molar-refractivity contribution in [3.63, 3.8) is 0 Å². The summed E-state index contributed by atoms with van der Waals surface area (Å²) in [7, 11) is 0. The monoisotopic (exact) mass is 398 g/mol. The van der Waals surface area contributed by atoms with E-state index in [2.05, 4.69) is 35.6 Å². The largest absolute Gasteiger partial charge is 0.259 e. The van der Waals surface area contributed by atoms with E-state index < -0.39 is 22.9 Å². The summed E-state index contributed by atoms with van der Waals surface area (Å²) < 4.78 is 29.7. The zero-order valence-corrected chi connectivity index (χ0v) is 16.6. The van der Waals surface area contributed by atoms with Crippen LogP contribution in [0, 0.1) is 29.5 Å². The zero-order chi connectivity index (χ0) is 21.6. The number of aromatic nitrogens is 2. The van der Waals surface area contributed by atoms with Gasteiger partial charge in [-0.05, 0) is 33.9 Å². The van der Waals surface area contributed by atoms with Crippen molar-refractivity contribution in [1.82, 2.24) is 9.97 Å². The maximum Gasteiger partial charge on any atom is 0.259 e. The summed E-state index contributed by atoms with van der Waals surface area (Å²) in [5.41, 5.74) is 0.227. The SMILES string of the molecule is [C-]#[N+]c1c(F)c(C#N)c2ncnc(-c3cc(C(C)(C)C)c4ccccc4c3)c2c1F. The molecule has 4 nitrogen and oxygen atoms in total.